The van der Waals surface area contributed by atoms with E-state index in [2.05, 4.69) is 85.2 Å². The Bertz CT molecular complexity index is 1100. The van der Waals surface area contributed by atoms with E-state index in [4.69, 9.17) is 19.3 Å². The van der Waals surface area contributed by atoms with Crippen molar-refractivity contribution < 1.29 is 37.9 Å². The normalized spacial score (nSPS) is 13.2. The molecule has 2 N–H and O–H groups in total. The number of phosphoric acid groups is 1. The van der Waals surface area contributed by atoms with Gasteiger partial charge in [-0.3, -0.25) is 14.1 Å². The van der Waals surface area contributed by atoms with E-state index in [1.165, 1.54) is 77.0 Å². The summed E-state index contributed by atoms with van der Waals surface area (Å²) in [5.41, 5.74) is 0. The molecule has 8 nitrogen and oxygen atoms in total. The maximum absolute atomic E-state index is 12.4. The Kier molecular flexibility index (Phi) is 38.3. The smallest absolute Gasteiger partial charge is 0.462 e. The first kappa shape index (κ1) is 51.5. The summed E-state index contributed by atoms with van der Waals surface area (Å²) < 4.78 is 26.3. The molecule has 0 aromatic heterocycles. The van der Waals surface area contributed by atoms with Crippen molar-refractivity contribution in [3.63, 3.8) is 0 Å². The number of carbonyl (C=O) groups is 2. The fourth-order valence-corrected chi connectivity index (χ4v) is 5.89. The number of hydrogen-bond donors (Lipinski definition) is 2. The molecule has 0 aliphatic carbocycles. The van der Waals surface area contributed by atoms with Crippen LogP contribution < -0.4 is 0 Å². The number of hydrogen-bond acceptors (Lipinski definition) is 6. The molecular formula is C45H77O8P. The largest absolute Gasteiger partial charge is 0.469 e. The van der Waals surface area contributed by atoms with Crippen molar-refractivity contribution in [3.05, 3.63) is 72.9 Å². The van der Waals surface area contributed by atoms with Crippen molar-refractivity contribution in [3.8, 4) is 0 Å². The van der Waals surface area contributed by atoms with Gasteiger partial charge in [-0.15, -0.1) is 0 Å². The van der Waals surface area contributed by atoms with Gasteiger partial charge in [0.1, 0.15) is 6.61 Å². The third-order valence-electron chi connectivity index (χ3n) is 8.73. The van der Waals surface area contributed by atoms with Crippen LogP contribution in [0.2, 0.25) is 0 Å². The van der Waals surface area contributed by atoms with Crippen LogP contribution in [0.3, 0.4) is 0 Å². The zero-order valence-corrected chi connectivity index (χ0v) is 35.0. The molecule has 0 bridgehead atoms. The minimum atomic E-state index is -4.78. The summed E-state index contributed by atoms with van der Waals surface area (Å²) in [7, 11) is -4.78. The molecule has 0 heterocycles. The lowest BCUT2D eigenvalue weighted by atomic mass is 10.1. The van der Waals surface area contributed by atoms with Gasteiger partial charge in [0, 0.05) is 12.8 Å². The fraction of sp³-hybridized carbons (Fsp3) is 0.689. The molecule has 0 aromatic carbocycles. The molecule has 0 amide bonds. The number of esters is 2. The van der Waals surface area contributed by atoms with Crippen LogP contribution in [0, 0.1) is 0 Å². The molecular weight excluding hydrogens is 699 g/mol. The van der Waals surface area contributed by atoms with E-state index in [1.807, 2.05) is 6.08 Å². The van der Waals surface area contributed by atoms with Crippen molar-refractivity contribution >= 4 is 19.8 Å². The molecule has 54 heavy (non-hydrogen) atoms. The van der Waals surface area contributed by atoms with E-state index in [9.17, 15) is 14.2 Å². The highest BCUT2D eigenvalue weighted by Crippen LogP contribution is 2.36. The van der Waals surface area contributed by atoms with Gasteiger partial charge in [0.15, 0.2) is 6.10 Å². The van der Waals surface area contributed by atoms with Gasteiger partial charge in [-0.1, -0.05) is 164 Å². The maximum atomic E-state index is 12.4. The van der Waals surface area contributed by atoms with Gasteiger partial charge in [-0.2, -0.15) is 0 Å². The van der Waals surface area contributed by atoms with Crippen LogP contribution in [0.1, 0.15) is 181 Å². The van der Waals surface area contributed by atoms with E-state index in [0.29, 0.717) is 19.3 Å². The van der Waals surface area contributed by atoms with Crippen molar-refractivity contribution in [2.24, 2.45) is 0 Å². The molecule has 9 heteroatoms. The second kappa shape index (κ2) is 40.2. The SMILES string of the molecule is CCCCCC/C=C/C=C/CCCCCCCC(=O)OC[C@H](COP(=O)(O)O)OC(=O)CCC/C=C/C/C=C/C/C=C/C/C=C/CCCCCCCCC. The standard InChI is InChI=1S/C45H77O8P/c1-3-5-7-9-11-13-15-17-19-20-21-22-23-24-26-28-30-32-34-36-38-40-45(47)53-43(42-52-54(48,49)50)41-51-44(46)39-37-35-33-31-29-27-25-18-16-14-12-10-8-6-4-2/h14,16,18-20,22-23,25-26,28,32,34,43H,3-13,15,17,21,24,27,29-31,33,35-42H2,1-2H3,(H2,48,49,50)/b16-14+,20-19+,23-22+,25-18+,28-26+,34-32+/t43-/m1/s1. The molecule has 310 valence electrons. The number of ether oxygens (including phenoxy) is 2. The quantitative estimate of drug-likeness (QED) is 0.0209. The Labute approximate surface area is 329 Å². The van der Waals surface area contributed by atoms with Gasteiger partial charge in [0.2, 0.25) is 0 Å². The fourth-order valence-electron chi connectivity index (χ4n) is 5.53. The third kappa shape index (κ3) is 42.2. The Morgan fingerprint density at radius 1 is 0.500 bits per heavy atom. The van der Waals surface area contributed by atoms with Crippen LogP contribution in [0.15, 0.2) is 72.9 Å². The summed E-state index contributed by atoms with van der Waals surface area (Å²) in [6.07, 6.45) is 52.0. The molecule has 0 aliphatic heterocycles. The monoisotopic (exact) mass is 777 g/mol. The molecule has 0 fully saturated rings. The lowest BCUT2D eigenvalue weighted by Gasteiger charge is -2.18. The van der Waals surface area contributed by atoms with Gasteiger partial charge < -0.3 is 19.3 Å². The number of phosphoric ester groups is 1. The van der Waals surface area contributed by atoms with Gasteiger partial charge in [-0.05, 0) is 77.0 Å². The molecule has 0 spiro atoms. The predicted molar refractivity (Wildman–Crippen MR) is 225 cm³/mol. The minimum Gasteiger partial charge on any atom is -0.462 e. The van der Waals surface area contributed by atoms with Gasteiger partial charge >= 0.3 is 19.8 Å². The molecule has 0 aliphatic rings. The Hall–Kier alpha value is -2.51. The summed E-state index contributed by atoms with van der Waals surface area (Å²) in [5, 5.41) is 0. The average Bonchev–Trinajstić information content (AvgIpc) is 3.14. The van der Waals surface area contributed by atoms with Crippen molar-refractivity contribution in [2.75, 3.05) is 13.2 Å². The second-order valence-corrected chi connectivity index (χ2v) is 15.2. The van der Waals surface area contributed by atoms with E-state index in [1.54, 1.807) is 0 Å². The predicted octanol–water partition coefficient (Wildman–Crippen LogP) is 13.1. The second-order valence-electron chi connectivity index (χ2n) is 14.0. The van der Waals surface area contributed by atoms with Crippen molar-refractivity contribution in [2.45, 2.75) is 187 Å². The van der Waals surface area contributed by atoms with Gasteiger partial charge in [-0.25, -0.2) is 4.57 Å². The van der Waals surface area contributed by atoms with Crippen molar-refractivity contribution in [1.82, 2.24) is 0 Å². The maximum Gasteiger partial charge on any atom is 0.469 e. The average molecular weight is 777 g/mol. The van der Waals surface area contributed by atoms with Gasteiger partial charge in [0.05, 0.1) is 6.61 Å². The van der Waals surface area contributed by atoms with Crippen LogP contribution in [0.4, 0.5) is 0 Å². The summed E-state index contributed by atoms with van der Waals surface area (Å²) in [6.45, 7) is 3.60. The highest BCUT2D eigenvalue weighted by atomic mass is 31.2. The minimum absolute atomic E-state index is 0.129. The highest BCUT2D eigenvalue weighted by molar-refractivity contribution is 7.46. The highest BCUT2D eigenvalue weighted by Gasteiger charge is 2.22. The van der Waals surface area contributed by atoms with Crippen molar-refractivity contribution in [1.29, 1.82) is 0 Å². The number of unbranched alkanes of at least 4 members (excludes halogenated alkanes) is 17. The first-order chi connectivity index (χ1) is 26.3. The van der Waals surface area contributed by atoms with Crippen LogP contribution in [0.25, 0.3) is 0 Å². The summed E-state index contributed by atoms with van der Waals surface area (Å²) in [5.74, 6) is -0.972. The molecule has 0 saturated carbocycles. The topological polar surface area (TPSA) is 119 Å². The summed E-state index contributed by atoms with van der Waals surface area (Å²) >= 11 is 0. The first-order valence-electron chi connectivity index (χ1n) is 21.2. The van der Waals surface area contributed by atoms with E-state index in [0.717, 1.165) is 57.8 Å². The van der Waals surface area contributed by atoms with E-state index >= 15 is 0 Å². The van der Waals surface area contributed by atoms with Crippen LogP contribution in [-0.4, -0.2) is 41.0 Å². The summed E-state index contributed by atoms with van der Waals surface area (Å²) in [4.78, 5) is 42.8. The molecule has 0 saturated heterocycles. The Morgan fingerprint density at radius 3 is 1.43 bits per heavy atom. The molecule has 0 unspecified atom stereocenters. The van der Waals surface area contributed by atoms with Crippen LogP contribution in [-0.2, 0) is 28.2 Å². The van der Waals surface area contributed by atoms with Crippen LogP contribution >= 0.6 is 7.82 Å². The summed E-state index contributed by atoms with van der Waals surface area (Å²) in [6, 6.07) is 0. The first-order valence-corrected chi connectivity index (χ1v) is 22.8. The van der Waals surface area contributed by atoms with Gasteiger partial charge in [0.25, 0.3) is 0 Å². The zero-order valence-electron chi connectivity index (χ0n) is 34.1. The van der Waals surface area contributed by atoms with E-state index in [-0.39, 0.29) is 19.4 Å². The third-order valence-corrected chi connectivity index (χ3v) is 9.21. The molecule has 0 rings (SSSR count). The molecule has 0 aromatic rings. The number of allylic oxidation sites excluding steroid dienone is 12. The lowest BCUT2D eigenvalue weighted by molar-refractivity contribution is -0.161. The molecule has 0 radical (unpaired) electrons. The van der Waals surface area contributed by atoms with E-state index < -0.39 is 32.5 Å². The zero-order chi connectivity index (χ0) is 39.6. The molecule has 1 atom stereocenters. The lowest BCUT2D eigenvalue weighted by Crippen LogP contribution is -2.29. The van der Waals surface area contributed by atoms with Crippen LogP contribution in [0.5, 0.6) is 0 Å². The Morgan fingerprint density at radius 2 is 0.907 bits per heavy atom. The Balaban J connectivity index is 4.06. The number of carbonyl (C=O) groups excluding carboxylic acids is 2. The number of rotatable bonds is 38.